The smallest absolute Gasteiger partial charge is 0.351 e. The van der Waals surface area contributed by atoms with Crippen LogP contribution in [0.3, 0.4) is 0 Å². The van der Waals surface area contributed by atoms with Crippen LogP contribution >= 0.6 is 11.6 Å². The van der Waals surface area contributed by atoms with Crippen molar-refractivity contribution >= 4 is 40.7 Å². The molecule has 3 fully saturated rings. The maximum Gasteiger partial charge on any atom is 0.351 e. The highest BCUT2D eigenvalue weighted by atomic mass is 35.5. The topological polar surface area (TPSA) is 155 Å². The molecule has 3 aliphatic rings. The molecule has 3 aromatic heterocycles. The normalized spacial score (nSPS) is 21.8. The van der Waals surface area contributed by atoms with Crippen LogP contribution < -0.4 is 20.6 Å². The number of carbonyl (C=O) groups excluding carboxylic acids is 3. The van der Waals surface area contributed by atoms with E-state index in [4.69, 9.17) is 21.3 Å². The number of halogens is 1. The number of nitriles is 1. The van der Waals surface area contributed by atoms with Gasteiger partial charge in [0.05, 0.1) is 17.2 Å². The summed E-state index contributed by atoms with van der Waals surface area (Å²) in [5.74, 6) is 1.38. The van der Waals surface area contributed by atoms with Gasteiger partial charge in [-0.3, -0.25) is 29.0 Å². The Hall–Kier alpha value is -5.06. The summed E-state index contributed by atoms with van der Waals surface area (Å²) >= 11 is 6.33. The molecule has 2 amide bonds. The number of carbonyl (C=O) groups is 3. The number of benzene rings is 1. The van der Waals surface area contributed by atoms with Crippen molar-refractivity contribution in [3.63, 3.8) is 0 Å². The van der Waals surface area contributed by atoms with E-state index in [1.807, 2.05) is 24.3 Å². The average molecular weight is 795 g/mol. The van der Waals surface area contributed by atoms with Crippen LogP contribution in [0.4, 0.5) is 5.82 Å². The van der Waals surface area contributed by atoms with Crippen LogP contribution in [-0.2, 0) is 16.0 Å². The molecule has 1 aromatic carbocycles. The zero-order valence-corrected chi connectivity index (χ0v) is 33.9. The first-order chi connectivity index (χ1) is 27.3. The number of pyridine rings is 2. The molecule has 1 N–H and O–H groups in total. The second-order valence-corrected chi connectivity index (χ2v) is 17.3. The van der Waals surface area contributed by atoms with Gasteiger partial charge in [-0.25, -0.2) is 9.78 Å². The number of rotatable bonds is 14. The third-order valence-electron chi connectivity index (χ3n) is 12.8. The highest BCUT2D eigenvalue weighted by Gasteiger charge is 2.60. The van der Waals surface area contributed by atoms with E-state index >= 15 is 0 Å². The van der Waals surface area contributed by atoms with Crippen molar-refractivity contribution in [1.29, 1.82) is 5.26 Å². The predicted octanol–water partition coefficient (Wildman–Crippen LogP) is 5.88. The van der Waals surface area contributed by atoms with Crippen LogP contribution in [0.2, 0.25) is 5.02 Å². The molecule has 1 atom stereocenters. The fourth-order valence-corrected chi connectivity index (χ4v) is 9.84. The maximum atomic E-state index is 13.5. The van der Waals surface area contributed by atoms with Gasteiger partial charge in [0.2, 0.25) is 5.91 Å². The number of nitrogens with one attached hydrogen (secondary N) is 1. The number of ether oxygens (including phenoxy) is 1. The molecule has 2 saturated heterocycles. The zero-order valence-electron chi connectivity index (χ0n) is 33.2. The van der Waals surface area contributed by atoms with Crippen molar-refractivity contribution in [1.82, 2.24) is 29.4 Å². The van der Waals surface area contributed by atoms with Crippen LogP contribution in [0.15, 0.2) is 59.7 Å². The van der Waals surface area contributed by atoms with Gasteiger partial charge in [-0.2, -0.15) is 9.94 Å². The molecule has 0 bridgehead atoms. The molecule has 2 aliphatic heterocycles. The summed E-state index contributed by atoms with van der Waals surface area (Å²) in [6, 6.07) is 14.3. The quantitative estimate of drug-likeness (QED) is 0.0930. The first-order valence-corrected chi connectivity index (χ1v) is 20.4. The Morgan fingerprint density at radius 2 is 1.75 bits per heavy atom. The number of piperazine rings is 1. The summed E-state index contributed by atoms with van der Waals surface area (Å²) in [6.07, 6.45) is 8.05. The van der Waals surface area contributed by atoms with Gasteiger partial charge < -0.3 is 9.64 Å². The summed E-state index contributed by atoms with van der Waals surface area (Å²) in [5, 5.41) is 16.3. The van der Waals surface area contributed by atoms with E-state index in [1.54, 1.807) is 30.6 Å². The first-order valence-electron chi connectivity index (χ1n) is 20.0. The monoisotopic (exact) mass is 794 g/mol. The van der Waals surface area contributed by atoms with Gasteiger partial charge in [-0.15, -0.1) is 5.10 Å². The Morgan fingerprint density at radius 1 is 0.982 bits per heavy atom. The number of aromatic nitrogens is 4. The van der Waals surface area contributed by atoms with Crippen molar-refractivity contribution in [2.45, 2.75) is 78.7 Å². The Bertz CT molecular complexity index is 2230. The Balaban J connectivity index is 0.812. The van der Waals surface area contributed by atoms with E-state index in [1.165, 1.54) is 4.40 Å². The Morgan fingerprint density at radius 3 is 2.44 bits per heavy atom. The van der Waals surface area contributed by atoms with E-state index in [0.717, 1.165) is 74.5 Å². The second-order valence-electron chi connectivity index (χ2n) is 16.9. The molecule has 13 nitrogen and oxygen atoms in total. The number of nitrogens with zero attached hydrogens (tertiary/aromatic N) is 7. The molecule has 0 spiro atoms. The van der Waals surface area contributed by atoms with Crippen molar-refractivity contribution in [3.05, 3.63) is 87.1 Å². The zero-order chi connectivity index (χ0) is 40.5. The van der Waals surface area contributed by atoms with Crippen LogP contribution in [0.25, 0.3) is 5.65 Å². The molecule has 1 saturated carbocycles. The molecule has 5 heterocycles. The summed E-state index contributed by atoms with van der Waals surface area (Å²) in [7, 11) is 0. The van der Waals surface area contributed by atoms with E-state index in [-0.39, 0.29) is 41.3 Å². The highest BCUT2D eigenvalue weighted by Crippen LogP contribution is 2.65. The summed E-state index contributed by atoms with van der Waals surface area (Å²) in [4.78, 5) is 59.6. The SMILES string of the molecule is CC1(C)C(CC(=O)c2ccc(N3CCN(CCCCCOc4ccn5c(=O)n(C6CCC(=O)NC6=O)nc5c4)CC3)nc2)C(C)(C)C1Cc1ccc(C#N)c(Cl)c1. The molecule has 4 aromatic rings. The number of unbranched alkanes of at least 4 members (excludes halogenated alkanes) is 2. The van der Waals surface area contributed by atoms with Crippen molar-refractivity contribution < 1.29 is 19.1 Å². The number of ketones is 1. The molecule has 0 radical (unpaired) electrons. The van der Waals surface area contributed by atoms with Crippen molar-refractivity contribution in [2.75, 3.05) is 44.2 Å². The molecule has 1 aliphatic carbocycles. The summed E-state index contributed by atoms with van der Waals surface area (Å²) in [5.41, 5.74) is 2.16. The minimum absolute atomic E-state index is 0.0324. The number of anilines is 1. The lowest BCUT2D eigenvalue weighted by atomic mass is 9.39. The van der Waals surface area contributed by atoms with Crippen LogP contribution in [0, 0.1) is 34.0 Å². The van der Waals surface area contributed by atoms with Crippen molar-refractivity contribution in [2.24, 2.45) is 22.7 Å². The minimum Gasteiger partial charge on any atom is -0.493 e. The van der Waals surface area contributed by atoms with E-state index in [9.17, 15) is 24.4 Å². The molecular formula is C43H51ClN8O5. The number of fused-ring (bicyclic) bond motifs is 1. The largest absolute Gasteiger partial charge is 0.493 e. The lowest BCUT2D eigenvalue weighted by Crippen LogP contribution is -2.60. The van der Waals surface area contributed by atoms with Gasteiger partial charge in [0.25, 0.3) is 5.91 Å². The Kier molecular flexibility index (Phi) is 11.6. The summed E-state index contributed by atoms with van der Waals surface area (Å²) < 4.78 is 8.46. The fourth-order valence-electron chi connectivity index (χ4n) is 9.60. The standard InChI is InChI=1S/C43H51ClN8O5/c1-42(2)35(23-28-8-9-29(26-45)32(44)22-28)43(3,4)36(42)25-34(53)30-10-12-37(46-27-30)50-19-17-49(18-20-50)15-6-5-7-21-57-31-14-16-51-38(24-31)48-52(41(51)56)33-11-13-39(54)47-40(33)55/h8-10,12,14,16,22,24,27,33,35-36H,5-7,11,13,15,17-21,23,25H2,1-4H3,(H,47,54,55). The van der Waals surface area contributed by atoms with Crippen LogP contribution in [0.1, 0.15) is 93.7 Å². The average Bonchev–Trinajstić information content (AvgIpc) is 3.52. The van der Waals surface area contributed by atoms with Crippen molar-refractivity contribution in [3.8, 4) is 11.8 Å². The van der Waals surface area contributed by atoms with Crippen LogP contribution in [-0.4, -0.2) is 81.0 Å². The van der Waals surface area contributed by atoms with Gasteiger partial charge in [0.1, 0.15) is 23.7 Å². The molecule has 7 rings (SSSR count). The fraction of sp³-hybridized carbons (Fsp3) is 0.512. The van der Waals surface area contributed by atoms with E-state index in [0.29, 0.717) is 46.5 Å². The van der Waals surface area contributed by atoms with Crippen LogP contribution in [0.5, 0.6) is 5.75 Å². The number of Topliss-reactive ketones (excluding diaryl/α,β-unsaturated/α-hetero) is 1. The van der Waals surface area contributed by atoms with Gasteiger partial charge >= 0.3 is 5.69 Å². The second kappa shape index (κ2) is 16.4. The third kappa shape index (κ3) is 8.34. The number of hydrogen-bond donors (Lipinski definition) is 1. The molecule has 57 heavy (non-hydrogen) atoms. The van der Waals surface area contributed by atoms with E-state index in [2.05, 4.69) is 54.0 Å². The minimum atomic E-state index is -0.809. The molecule has 14 heteroatoms. The number of hydrogen-bond acceptors (Lipinski definition) is 10. The van der Waals surface area contributed by atoms with Gasteiger partial charge in [0, 0.05) is 63.0 Å². The predicted molar refractivity (Wildman–Crippen MR) is 216 cm³/mol. The lowest BCUT2D eigenvalue weighted by molar-refractivity contribution is -0.159. The first kappa shape index (κ1) is 40.1. The van der Waals surface area contributed by atoms with Gasteiger partial charge in [-0.1, -0.05) is 45.4 Å². The maximum absolute atomic E-state index is 13.5. The third-order valence-corrected chi connectivity index (χ3v) is 13.1. The molecular weight excluding hydrogens is 744 g/mol. The molecule has 300 valence electrons. The number of imide groups is 1. The lowest BCUT2D eigenvalue weighted by Gasteiger charge is -2.65. The van der Waals surface area contributed by atoms with E-state index < -0.39 is 17.6 Å². The molecule has 1 unspecified atom stereocenters. The summed E-state index contributed by atoms with van der Waals surface area (Å²) in [6.45, 7) is 14.3. The number of amides is 2. The van der Waals surface area contributed by atoms with Gasteiger partial charge in [0.15, 0.2) is 11.4 Å². The highest BCUT2D eigenvalue weighted by molar-refractivity contribution is 6.31. The van der Waals surface area contributed by atoms with Gasteiger partial charge in [-0.05, 0) is 97.2 Å². The number of piperidine rings is 1. The Labute approximate surface area is 337 Å².